The lowest BCUT2D eigenvalue weighted by atomic mass is 10.0. The number of rotatable bonds is 9. The number of anilines is 2. The fraction of sp³-hybridized carbons (Fsp3) is 0.800. The molecule has 1 heterocycles. The predicted molar refractivity (Wildman–Crippen MR) is 86.8 cm³/mol. The molecule has 0 aliphatic rings. The zero-order chi connectivity index (χ0) is 15.8. The topological polar surface area (TPSA) is 74.2 Å². The summed E-state index contributed by atoms with van der Waals surface area (Å²) >= 11 is 0. The average Bonchev–Trinajstić information content (AvgIpc) is 2.44. The maximum Gasteiger partial charge on any atom is 0.229 e. The second-order valence-corrected chi connectivity index (χ2v) is 5.91. The lowest BCUT2D eigenvalue weighted by Gasteiger charge is -2.18. The van der Waals surface area contributed by atoms with Gasteiger partial charge in [-0.25, -0.2) is 0 Å². The van der Waals surface area contributed by atoms with Crippen LogP contribution in [0.2, 0.25) is 0 Å². The van der Waals surface area contributed by atoms with E-state index in [1.54, 1.807) is 0 Å². The maximum atomic E-state index is 9.12. The molecule has 0 radical (unpaired) electrons. The van der Waals surface area contributed by atoms with Gasteiger partial charge in [0.15, 0.2) is 0 Å². The number of aromatic nitrogens is 3. The molecule has 1 atom stereocenters. The summed E-state index contributed by atoms with van der Waals surface area (Å²) < 4.78 is 0. The van der Waals surface area contributed by atoms with Crippen molar-refractivity contribution in [2.24, 2.45) is 5.92 Å². The highest BCUT2D eigenvalue weighted by Crippen LogP contribution is 2.16. The number of hydrogen-bond acceptors (Lipinski definition) is 6. The third-order valence-corrected chi connectivity index (χ3v) is 3.34. The molecule has 0 aliphatic carbocycles. The van der Waals surface area contributed by atoms with Gasteiger partial charge in [-0.2, -0.15) is 15.0 Å². The predicted octanol–water partition coefficient (Wildman–Crippen LogP) is 2.27. The Bertz CT molecular complexity index is 390. The van der Waals surface area contributed by atoms with Crippen LogP contribution in [0.15, 0.2) is 0 Å². The van der Waals surface area contributed by atoms with Crippen molar-refractivity contribution in [1.82, 2.24) is 15.0 Å². The fourth-order valence-electron chi connectivity index (χ4n) is 2.09. The highest BCUT2D eigenvalue weighted by atomic mass is 16.3. The zero-order valence-electron chi connectivity index (χ0n) is 13.9. The zero-order valence-corrected chi connectivity index (χ0v) is 13.9. The van der Waals surface area contributed by atoms with E-state index in [0.717, 1.165) is 31.6 Å². The SMILES string of the molecule is CCCC(CCO)CNc1nc(C(C)C)nc(N(C)C)n1. The van der Waals surface area contributed by atoms with Gasteiger partial charge in [0.1, 0.15) is 5.82 Å². The van der Waals surface area contributed by atoms with Gasteiger partial charge in [0.25, 0.3) is 0 Å². The quantitative estimate of drug-likeness (QED) is 0.728. The summed E-state index contributed by atoms with van der Waals surface area (Å²) in [5.41, 5.74) is 0. The number of hydrogen-bond donors (Lipinski definition) is 2. The van der Waals surface area contributed by atoms with Crippen molar-refractivity contribution < 1.29 is 5.11 Å². The monoisotopic (exact) mass is 295 g/mol. The van der Waals surface area contributed by atoms with Crippen LogP contribution >= 0.6 is 0 Å². The van der Waals surface area contributed by atoms with Crippen LogP contribution in [-0.2, 0) is 0 Å². The number of aliphatic hydroxyl groups is 1. The minimum Gasteiger partial charge on any atom is -0.396 e. The van der Waals surface area contributed by atoms with Crippen molar-refractivity contribution in [3.63, 3.8) is 0 Å². The standard InChI is InChI=1S/C15H29N5O/c1-6-7-12(8-9-21)10-16-14-17-13(11(2)3)18-15(19-14)20(4)5/h11-12,21H,6-10H2,1-5H3,(H,16,17,18,19). The molecule has 6 heteroatoms. The first-order valence-electron chi connectivity index (χ1n) is 7.75. The molecule has 1 aromatic heterocycles. The van der Waals surface area contributed by atoms with Gasteiger partial charge >= 0.3 is 0 Å². The minimum atomic E-state index is 0.226. The summed E-state index contributed by atoms with van der Waals surface area (Å²) in [6.07, 6.45) is 3.02. The van der Waals surface area contributed by atoms with Gasteiger partial charge in [0.05, 0.1) is 0 Å². The largest absolute Gasteiger partial charge is 0.396 e. The summed E-state index contributed by atoms with van der Waals surface area (Å²) in [5, 5.41) is 12.4. The molecule has 0 aromatic carbocycles. The van der Waals surface area contributed by atoms with E-state index in [1.807, 2.05) is 19.0 Å². The van der Waals surface area contributed by atoms with Crippen LogP contribution in [-0.4, -0.2) is 47.3 Å². The Morgan fingerprint density at radius 2 is 1.86 bits per heavy atom. The van der Waals surface area contributed by atoms with Crippen LogP contribution in [0.4, 0.5) is 11.9 Å². The molecule has 120 valence electrons. The van der Waals surface area contributed by atoms with Gasteiger partial charge in [-0.1, -0.05) is 27.2 Å². The van der Waals surface area contributed by atoms with Gasteiger partial charge < -0.3 is 15.3 Å². The van der Waals surface area contributed by atoms with Gasteiger partial charge in [-0.15, -0.1) is 0 Å². The van der Waals surface area contributed by atoms with Gasteiger partial charge in [0, 0.05) is 33.2 Å². The molecule has 6 nitrogen and oxygen atoms in total. The third-order valence-electron chi connectivity index (χ3n) is 3.34. The summed E-state index contributed by atoms with van der Waals surface area (Å²) in [7, 11) is 3.85. The average molecular weight is 295 g/mol. The number of nitrogens with one attached hydrogen (secondary N) is 1. The molecule has 0 fully saturated rings. The van der Waals surface area contributed by atoms with Crippen molar-refractivity contribution in [1.29, 1.82) is 0 Å². The molecule has 1 aromatic rings. The first kappa shape index (κ1) is 17.6. The maximum absolute atomic E-state index is 9.12. The molecule has 0 aliphatic heterocycles. The van der Waals surface area contributed by atoms with Gasteiger partial charge in [0.2, 0.25) is 11.9 Å². The van der Waals surface area contributed by atoms with E-state index in [9.17, 15) is 0 Å². The van der Waals surface area contributed by atoms with E-state index < -0.39 is 0 Å². The third kappa shape index (κ3) is 5.83. The number of aliphatic hydroxyl groups excluding tert-OH is 1. The molecule has 1 unspecified atom stereocenters. The summed E-state index contributed by atoms with van der Waals surface area (Å²) in [5.74, 6) is 2.80. The van der Waals surface area contributed by atoms with Gasteiger partial charge in [-0.3, -0.25) is 0 Å². The summed E-state index contributed by atoms with van der Waals surface area (Å²) in [6.45, 7) is 7.31. The smallest absolute Gasteiger partial charge is 0.229 e. The molecular formula is C15H29N5O. The Hall–Kier alpha value is -1.43. The van der Waals surface area contributed by atoms with Crippen LogP contribution in [0.5, 0.6) is 0 Å². The van der Waals surface area contributed by atoms with Crippen molar-refractivity contribution in [2.45, 2.75) is 46.0 Å². The molecule has 0 saturated heterocycles. The van der Waals surface area contributed by atoms with Crippen LogP contribution in [0, 0.1) is 5.92 Å². The van der Waals surface area contributed by atoms with Gasteiger partial charge in [-0.05, 0) is 18.8 Å². The summed E-state index contributed by atoms with van der Waals surface area (Å²) in [6, 6.07) is 0. The van der Waals surface area contributed by atoms with E-state index in [0.29, 0.717) is 17.8 Å². The molecule has 1 rings (SSSR count). The molecule has 21 heavy (non-hydrogen) atoms. The van der Waals surface area contributed by atoms with E-state index in [2.05, 4.69) is 41.0 Å². The fourth-order valence-corrected chi connectivity index (χ4v) is 2.09. The van der Waals surface area contributed by atoms with Crippen molar-refractivity contribution in [3.8, 4) is 0 Å². The molecule has 0 saturated carbocycles. The molecule has 0 amide bonds. The highest BCUT2D eigenvalue weighted by Gasteiger charge is 2.12. The van der Waals surface area contributed by atoms with Crippen LogP contribution in [0.25, 0.3) is 0 Å². The lowest BCUT2D eigenvalue weighted by Crippen LogP contribution is -2.20. The summed E-state index contributed by atoms with van der Waals surface area (Å²) in [4.78, 5) is 15.3. The van der Waals surface area contributed by atoms with Crippen LogP contribution in [0.1, 0.15) is 51.8 Å². The Morgan fingerprint density at radius 1 is 1.14 bits per heavy atom. The Morgan fingerprint density at radius 3 is 2.38 bits per heavy atom. The van der Waals surface area contributed by atoms with E-state index in [-0.39, 0.29) is 12.5 Å². The minimum absolute atomic E-state index is 0.226. The van der Waals surface area contributed by atoms with Crippen molar-refractivity contribution >= 4 is 11.9 Å². The van der Waals surface area contributed by atoms with Crippen LogP contribution < -0.4 is 10.2 Å². The Kier molecular flexibility index (Phi) is 7.36. The van der Waals surface area contributed by atoms with E-state index in [1.165, 1.54) is 0 Å². The second-order valence-electron chi connectivity index (χ2n) is 5.91. The van der Waals surface area contributed by atoms with E-state index in [4.69, 9.17) is 5.11 Å². The van der Waals surface area contributed by atoms with Crippen molar-refractivity contribution in [3.05, 3.63) is 5.82 Å². The van der Waals surface area contributed by atoms with Crippen molar-refractivity contribution in [2.75, 3.05) is 37.5 Å². The molecular weight excluding hydrogens is 266 g/mol. The normalized spacial score (nSPS) is 12.5. The lowest BCUT2D eigenvalue weighted by molar-refractivity contribution is 0.255. The number of nitrogens with zero attached hydrogens (tertiary/aromatic N) is 4. The molecule has 0 spiro atoms. The Balaban J connectivity index is 2.81. The van der Waals surface area contributed by atoms with E-state index >= 15 is 0 Å². The Labute approximate surface area is 128 Å². The second kappa shape index (κ2) is 8.77. The van der Waals surface area contributed by atoms with Crippen LogP contribution in [0.3, 0.4) is 0 Å². The molecule has 2 N–H and O–H groups in total. The first-order valence-corrected chi connectivity index (χ1v) is 7.75. The molecule has 0 bridgehead atoms. The first-order chi connectivity index (χ1) is 9.97. The highest BCUT2D eigenvalue weighted by molar-refractivity contribution is 5.36.